The molecule has 0 saturated carbocycles. The molecule has 0 radical (unpaired) electrons. The van der Waals surface area contributed by atoms with Gasteiger partial charge in [-0.3, -0.25) is 19.7 Å². The number of aromatic nitrogens is 2. The Bertz CT molecular complexity index is 912. The number of hydrogen-bond acceptors (Lipinski definition) is 5. The second-order valence-corrected chi connectivity index (χ2v) is 8.07. The summed E-state index contributed by atoms with van der Waals surface area (Å²) in [6.07, 6.45) is 13.1. The van der Waals surface area contributed by atoms with E-state index in [0.29, 0.717) is 23.7 Å². The number of piperidine rings is 1. The van der Waals surface area contributed by atoms with Gasteiger partial charge < -0.3 is 11.1 Å². The largest absolute Gasteiger partial charge is 0.381 e. The standard InChI is InChI=1S/C22H25N5O/c23-22(28)19-12-25-20-6-3-5-18(20)21(19)26-15-10-16-7-8-17(11-15)27(16)13-14-4-1-2-9-24-14/h1-5,9,12,15-17H,6-8,10-11,13H2,(H2,23,28)(H,25,26)/t15?,16-,17+. The molecule has 1 unspecified atom stereocenters. The maximum atomic E-state index is 12.0. The molecule has 2 saturated heterocycles. The zero-order valence-corrected chi connectivity index (χ0v) is 15.8. The second-order valence-electron chi connectivity index (χ2n) is 8.07. The number of carbonyl (C=O) groups is 1. The van der Waals surface area contributed by atoms with Crippen LogP contribution in [0.2, 0.25) is 0 Å². The first-order chi connectivity index (χ1) is 13.7. The van der Waals surface area contributed by atoms with Crippen LogP contribution in [-0.4, -0.2) is 38.9 Å². The van der Waals surface area contributed by atoms with Gasteiger partial charge in [0, 0.05) is 49.0 Å². The van der Waals surface area contributed by atoms with E-state index in [1.807, 2.05) is 12.3 Å². The fraction of sp³-hybridized carbons (Fsp3) is 0.409. The molecule has 2 aromatic rings. The molecule has 2 aromatic heterocycles. The van der Waals surface area contributed by atoms with E-state index in [1.54, 1.807) is 6.20 Å². The maximum Gasteiger partial charge on any atom is 0.252 e. The lowest BCUT2D eigenvalue weighted by atomic mass is 9.95. The van der Waals surface area contributed by atoms with Crippen molar-refractivity contribution in [3.05, 3.63) is 59.2 Å². The molecule has 0 spiro atoms. The van der Waals surface area contributed by atoms with Crippen LogP contribution in [0.1, 0.15) is 53.0 Å². The minimum absolute atomic E-state index is 0.344. The van der Waals surface area contributed by atoms with Crippen LogP contribution in [0.5, 0.6) is 0 Å². The van der Waals surface area contributed by atoms with Crippen molar-refractivity contribution in [1.29, 1.82) is 0 Å². The van der Waals surface area contributed by atoms with E-state index in [9.17, 15) is 4.79 Å². The van der Waals surface area contributed by atoms with Crippen LogP contribution in [0.3, 0.4) is 0 Å². The Morgan fingerprint density at radius 1 is 1.21 bits per heavy atom. The van der Waals surface area contributed by atoms with E-state index >= 15 is 0 Å². The van der Waals surface area contributed by atoms with Gasteiger partial charge >= 0.3 is 0 Å². The molecule has 0 aromatic carbocycles. The summed E-state index contributed by atoms with van der Waals surface area (Å²) in [6.45, 7) is 0.919. The number of nitrogens with one attached hydrogen (secondary N) is 1. The smallest absolute Gasteiger partial charge is 0.252 e. The topological polar surface area (TPSA) is 84.1 Å². The van der Waals surface area contributed by atoms with Crippen LogP contribution in [0.25, 0.3) is 6.08 Å². The number of amides is 1. The van der Waals surface area contributed by atoms with Gasteiger partial charge in [0.1, 0.15) is 0 Å². The van der Waals surface area contributed by atoms with Crippen molar-refractivity contribution >= 4 is 17.7 Å². The highest BCUT2D eigenvalue weighted by Gasteiger charge is 2.41. The third-order valence-corrected chi connectivity index (χ3v) is 6.36. The van der Waals surface area contributed by atoms with Gasteiger partial charge in [-0.05, 0) is 37.8 Å². The van der Waals surface area contributed by atoms with Gasteiger partial charge in [-0.1, -0.05) is 18.2 Å². The molecule has 3 atom stereocenters. The molecule has 6 heteroatoms. The average Bonchev–Trinajstić information content (AvgIpc) is 3.25. The summed E-state index contributed by atoms with van der Waals surface area (Å²) in [5, 5.41) is 3.68. The van der Waals surface area contributed by atoms with Crippen molar-refractivity contribution < 1.29 is 4.79 Å². The Hall–Kier alpha value is -2.73. The highest BCUT2D eigenvalue weighted by Crippen LogP contribution is 2.39. The predicted molar refractivity (Wildman–Crippen MR) is 109 cm³/mol. The normalized spacial score (nSPS) is 25.6. The molecular formula is C22H25N5O. The fourth-order valence-electron chi connectivity index (χ4n) is 5.07. The van der Waals surface area contributed by atoms with Crippen LogP contribution in [0.4, 0.5) is 5.69 Å². The number of anilines is 1. The molecule has 28 heavy (non-hydrogen) atoms. The number of primary amides is 1. The van der Waals surface area contributed by atoms with Crippen LogP contribution in [-0.2, 0) is 13.0 Å². The molecule has 3 N–H and O–H groups in total. The lowest BCUT2D eigenvalue weighted by molar-refractivity contribution is 0.100. The van der Waals surface area contributed by atoms with Gasteiger partial charge in [-0.15, -0.1) is 0 Å². The van der Waals surface area contributed by atoms with Crippen molar-refractivity contribution in [3.8, 4) is 0 Å². The molecule has 4 heterocycles. The van der Waals surface area contributed by atoms with E-state index in [1.165, 1.54) is 12.8 Å². The molecule has 2 fully saturated rings. The number of nitrogens with two attached hydrogens (primary N) is 1. The summed E-state index contributed by atoms with van der Waals surface area (Å²) in [4.78, 5) is 23.5. The summed E-state index contributed by atoms with van der Waals surface area (Å²) in [5.41, 5.74) is 10.2. The minimum atomic E-state index is -0.423. The van der Waals surface area contributed by atoms with Crippen molar-refractivity contribution in [1.82, 2.24) is 14.9 Å². The number of hydrogen-bond donors (Lipinski definition) is 2. The number of nitrogens with zero attached hydrogens (tertiary/aromatic N) is 3. The number of carbonyl (C=O) groups excluding carboxylic acids is 1. The molecule has 144 valence electrons. The minimum Gasteiger partial charge on any atom is -0.381 e. The summed E-state index contributed by atoms with van der Waals surface area (Å²) in [5.74, 6) is -0.423. The van der Waals surface area contributed by atoms with Crippen LogP contribution in [0.15, 0.2) is 36.7 Å². The van der Waals surface area contributed by atoms with Gasteiger partial charge in [-0.25, -0.2) is 0 Å². The number of fused-ring (bicyclic) bond motifs is 3. The van der Waals surface area contributed by atoms with E-state index < -0.39 is 5.91 Å². The quantitative estimate of drug-likeness (QED) is 0.839. The molecule has 2 aliphatic heterocycles. The maximum absolute atomic E-state index is 12.0. The van der Waals surface area contributed by atoms with E-state index in [2.05, 4.69) is 44.5 Å². The second kappa shape index (κ2) is 7.02. The lowest BCUT2D eigenvalue weighted by Crippen LogP contribution is -2.46. The highest BCUT2D eigenvalue weighted by molar-refractivity contribution is 6.00. The van der Waals surface area contributed by atoms with Crippen molar-refractivity contribution in [2.24, 2.45) is 5.73 Å². The molecule has 3 aliphatic rings. The molecule has 2 bridgehead atoms. The number of allylic oxidation sites excluding steroid dienone is 1. The molecular weight excluding hydrogens is 350 g/mol. The van der Waals surface area contributed by atoms with Gasteiger partial charge in [0.15, 0.2) is 0 Å². The van der Waals surface area contributed by atoms with Gasteiger partial charge in [-0.2, -0.15) is 0 Å². The zero-order chi connectivity index (χ0) is 19.1. The summed E-state index contributed by atoms with van der Waals surface area (Å²) in [7, 11) is 0. The Balaban J connectivity index is 1.35. The molecule has 1 amide bonds. The van der Waals surface area contributed by atoms with Crippen molar-refractivity contribution in [3.63, 3.8) is 0 Å². The predicted octanol–water partition coefficient (Wildman–Crippen LogP) is 2.75. The summed E-state index contributed by atoms with van der Waals surface area (Å²) >= 11 is 0. The lowest BCUT2D eigenvalue weighted by Gasteiger charge is -2.39. The number of rotatable bonds is 5. The molecule has 6 nitrogen and oxygen atoms in total. The Morgan fingerprint density at radius 3 is 2.75 bits per heavy atom. The average molecular weight is 375 g/mol. The third kappa shape index (κ3) is 3.07. The third-order valence-electron chi connectivity index (χ3n) is 6.36. The first-order valence-electron chi connectivity index (χ1n) is 10.1. The van der Waals surface area contributed by atoms with Gasteiger partial charge in [0.25, 0.3) is 5.91 Å². The van der Waals surface area contributed by atoms with Gasteiger partial charge in [0.2, 0.25) is 0 Å². The van der Waals surface area contributed by atoms with Crippen molar-refractivity contribution in [2.45, 2.75) is 56.8 Å². The monoisotopic (exact) mass is 375 g/mol. The van der Waals surface area contributed by atoms with Crippen LogP contribution < -0.4 is 11.1 Å². The van der Waals surface area contributed by atoms with Gasteiger partial charge in [0.05, 0.1) is 22.6 Å². The molecule has 5 rings (SSSR count). The van der Waals surface area contributed by atoms with E-state index in [4.69, 9.17) is 5.73 Å². The summed E-state index contributed by atoms with van der Waals surface area (Å²) < 4.78 is 0. The van der Waals surface area contributed by atoms with E-state index in [-0.39, 0.29) is 0 Å². The van der Waals surface area contributed by atoms with Crippen molar-refractivity contribution in [2.75, 3.05) is 5.32 Å². The van der Waals surface area contributed by atoms with Crippen LogP contribution in [0, 0.1) is 0 Å². The van der Waals surface area contributed by atoms with E-state index in [0.717, 1.165) is 48.4 Å². The Kier molecular flexibility index (Phi) is 4.36. The first-order valence-corrected chi connectivity index (χ1v) is 10.1. The zero-order valence-electron chi connectivity index (χ0n) is 15.8. The first kappa shape index (κ1) is 17.4. The Labute approximate surface area is 164 Å². The highest BCUT2D eigenvalue weighted by atomic mass is 16.1. The SMILES string of the molecule is NC(=O)c1cnc2c(c1NC1C[C@H]3CC[C@@H](C1)N3Cc1ccccn1)C=CC2. The number of pyridine rings is 2. The fourth-order valence-corrected chi connectivity index (χ4v) is 5.07. The summed E-state index contributed by atoms with van der Waals surface area (Å²) in [6, 6.07) is 7.58. The Morgan fingerprint density at radius 2 is 2.04 bits per heavy atom. The van der Waals surface area contributed by atoms with Crippen LogP contribution >= 0.6 is 0 Å². The molecule has 1 aliphatic carbocycles.